The summed E-state index contributed by atoms with van der Waals surface area (Å²) >= 11 is 0. The third-order valence-corrected chi connectivity index (χ3v) is 6.50. The van der Waals surface area contributed by atoms with Crippen molar-refractivity contribution < 1.29 is 0 Å². The molecule has 1 fully saturated rings. The molecule has 8 heteroatoms. The summed E-state index contributed by atoms with van der Waals surface area (Å²) in [6.45, 7) is 8.24. The van der Waals surface area contributed by atoms with Crippen LogP contribution in [0.3, 0.4) is 0 Å². The van der Waals surface area contributed by atoms with Crippen LogP contribution in [0.1, 0.15) is 12.0 Å². The van der Waals surface area contributed by atoms with Crippen LogP contribution < -0.4 is 11.0 Å². The van der Waals surface area contributed by atoms with Gasteiger partial charge in [0.2, 0.25) is 0 Å². The second-order valence-corrected chi connectivity index (χ2v) is 9.06. The number of nitrogens with zero attached hydrogens (tertiary/aromatic N) is 6. The molecule has 8 nitrogen and oxygen atoms in total. The summed E-state index contributed by atoms with van der Waals surface area (Å²) in [6, 6.07) is 14.0. The van der Waals surface area contributed by atoms with Crippen molar-refractivity contribution in [1.82, 2.24) is 28.9 Å². The zero-order valence-electron chi connectivity index (χ0n) is 19.8. The molecule has 5 rings (SSSR count). The fourth-order valence-corrected chi connectivity index (χ4v) is 4.47. The lowest BCUT2D eigenvalue weighted by Crippen LogP contribution is -2.44. The molecule has 3 heterocycles. The number of aromatic nitrogens is 4. The highest BCUT2D eigenvalue weighted by atomic mass is 16.1. The van der Waals surface area contributed by atoms with E-state index in [4.69, 9.17) is 0 Å². The van der Waals surface area contributed by atoms with E-state index in [2.05, 4.69) is 51.2 Å². The molecule has 1 N–H and O–H groups in total. The zero-order chi connectivity index (χ0) is 23.5. The Morgan fingerprint density at radius 2 is 1.82 bits per heavy atom. The van der Waals surface area contributed by atoms with Crippen LogP contribution in [0.2, 0.25) is 0 Å². The highest BCUT2D eigenvalue weighted by Crippen LogP contribution is 2.25. The van der Waals surface area contributed by atoms with E-state index in [-0.39, 0.29) is 5.69 Å². The van der Waals surface area contributed by atoms with Crippen LogP contribution in [-0.4, -0.2) is 68.7 Å². The van der Waals surface area contributed by atoms with E-state index in [0.29, 0.717) is 0 Å². The molecule has 2 aromatic carbocycles. The molecule has 2 aromatic heterocycles. The van der Waals surface area contributed by atoms with Crippen LogP contribution >= 0.6 is 0 Å². The normalized spacial score (nSPS) is 15.1. The first kappa shape index (κ1) is 22.3. The maximum Gasteiger partial charge on any atom is 0.332 e. The number of piperazine rings is 1. The molecule has 0 aliphatic carbocycles. The first-order valence-electron chi connectivity index (χ1n) is 11.8. The van der Waals surface area contributed by atoms with Gasteiger partial charge in [-0.25, -0.2) is 14.8 Å². The monoisotopic (exact) mass is 457 g/mol. The van der Waals surface area contributed by atoms with E-state index >= 15 is 0 Å². The highest BCUT2D eigenvalue weighted by molar-refractivity contribution is 5.91. The Hall–Kier alpha value is -3.49. The molecule has 0 spiro atoms. The lowest BCUT2D eigenvalue weighted by atomic mass is 10.2. The van der Waals surface area contributed by atoms with Crippen LogP contribution in [0, 0.1) is 6.92 Å². The summed E-state index contributed by atoms with van der Waals surface area (Å²) in [5.41, 5.74) is 3.73. The Morgan fingerprint density at radius 1 is 0.971 bits per heavy atom. The van der Waals surface area contributed by atoms with Gasteiger partial charge in [-0.2, -0.15) is 0 Å². The van der Waals surface area contributed by atoms with Gasteiger partial charge in [0, 0.05) is 56.2 Å². The topological polar surface area (TPSA) is 71.2 Å². The maximum atomic E-state index is 13.0. The third-order valence-electron chi connectivity index (χ3n) is 6.50. The summed E-state index contributed by atoms with van der Waals surface area (Å²) in [5, 5.41) is 4.29. The average molecular weight is 458 g/mol. The molecule has 0 atom stereocenters. The van der Waals surface area contributed by atoms with Crippen molar-refractivity contribution in [1.29, 1.82) is 0 Å². The lowest BCUT2D eigenvalue weighted by molar-refractivity contribution is 0.151. The number of likely N-dealkylation sites (N-methyl/N-ethyl adjacent to an activating group) is 1. The average Bonchev–Trinajstić information content (AvgIpc) is 3.20. The molecule has 0 unspecified atom stereocenters. The van der Waals surface area contributed by atoms with Crippen molar-refractivity contribution in [3.63, 3.8) is 0 Å². The molecule has 176 valence electrons. The largest absolute Gasteiger partial charge is 0.340 e. The van der Waals surface area contributed by atoms with Crippen molar-refractivity contribution in [2.24, 2.45) is 0 Å². The number of hydrogen-bond acceptors (Lipinski definition) is 6. The number of nitrogens with one attached hydrogen (secondary N) is 1. The molecular weight excluding hydrogens is 426 g/mol. The second-order valence-electron chi connectivity index (χ2n) is 9.06. The van der Waals surface area contributed by atoms with E-state index in [1.165, 1.54) is 5.56 Å². The van der Waals surface area contributed by atoms with E-state index in [0.717, 1.165) is 73.8 Å². The fourth-order valence-electron chi connectivity index (χ4n) is 4.47. The van der Waals surface area contributed by atoms with Gasteiger partial charge in [0.1, 0.15) is 12.1 Å². The number of imidazole rings is 1. The Kier molecular flexibility index (Phi) is 6.42. The lowest BCUT2D eigenvalue weighted by Gasteiger charge is -2.32. The standard InChI is InChI=1S/C26H31N7O/c1-20-5-3-6-21(17-20)29-25-23-8-7-22(18-24(23)27-19-28-25)33-16-15-32(26(33)34)10-4-9-31-13-11-30(2)12-14-31/h3,5-8,15-19H,4,9-14H2,1-2H3,(H,27,28,29). The van der Waals surface area contributed by atoms with Crippen molar-refractivity contribution in [2.75, 3.05) is 45.1 Å². The summed E-state index contributed by atoms with van der Waals surface area (Å²) in [4.78, 5) is 26.7. The first-order chi connectivity index (χ1) is 16.6. The fraction of sp³-hybridized carbons (Fsp3) is 0.346. The number of rotatable bonds is 7. The maximum absolute atomic E-state index is 13.0. The minimum absolute atomic E-state index is 0.0232. The summed E-state index contributed by atoms with van der Waals surface area (Å²) in [5.74, 6) is 0.746. The van der Waals surface area contributed by atoms with E-state index in [9.17, 15) is 4.79 Å². The van der Waals surface area contributed by atoms with Crippen molar-refractivity contribution in [3.8, 4) is 5.69 Å². The van der Waals surface area contributed by atoms with Crippen molar-refractivity contribution in [2.45, 2.75) is 19.9 Å². The SMILES string of the molecule is Cc1cccc(Nc2ncnc3cc(-n4ccn(CCCN5CCN(C)CC5)c4=O)ccc23)c1. The second kappa shape index (κ2) is 9.79. The van der Waals surface area contributed by atoms with Gasteiger partial charge < -0.3 is 15.1 Å². The zero-order valence-corrected chi connectivity index (χ0v) is 19.8. The molecule has 0 bridgehead atoms. The molecule has 1 aliphatic heterocycles. The molecule has 0 radical (unpaired) electrons. The minimum Gasteiger partial charge on any atom is -0.340 e. The predicted octanol–water partition coefficient (Wildman–Crippen LogP) is 3.27. The van der Waals surface area contributed by atoms with Gasteiger partial charge in [0.05, 0.1) is 11.2 Å². The number of benzene rings is 2. The van der Waals surface area contributed by atoms with Crippen molar-refractivity contribution in [3.05, 3.63) is 77.2 Å². The first-order valence-corrected chi connectivity index (χ1v) is 11.8. The summed E-state index contributed by atoms with van der Waals surface area (Å²) < 4.78 is 3.48. The number of anilines is 2. The molecule has 0 saturated carbocycles. The van der Waals surface area contributed by atoms with Gasteiger partial charge >= 0.3 is 5.69 Å². The summed E-state index contributed by atoms with van der Waals surface area (Å²) in [6.07, 6.45) is 6.23. The van der Waals surface area contributed by atoms with Gasteiger partial charge in [-0.1, -0.05) is 12.1 Å². The minimum atomic E-state index is -0.0232. The molecule has 4 aromatic rings. The van der Waals surface area contributed by atoms with Gasteiger partial charge in [0.25, 0.3) is 0 Å². The van der Waals surface area contributed by atoms with Crippen LogP contribution in [-0.2, 0) is 6.54 Å². The number of fused-ring (bicyclic) bond motifs is 1. The van der Waals surface area contributed by atoms with Crippen LogP contribution in [0.4, 0.5) is 11.5 Å². The van der Waals surface area contributed by atoms with E-state index in [1.54, 1.807) is 15.5 Å². The van der Waals surface area contributed by atoms with Gasteiger partial charge in [0.15, 0.2) is 0 Å². The molecule has 0 amide bonds. The van der Waals surface area contributed by atoms with Crippen LogP contribution in [0.5, 0.6) is 0 Å². The Bertz CT molecular complexity index is 1330. The predicted molar refractivity (Wildman–Crippen MR) is 136 cm³/mol. The smallest absolute Gasteiger partial charge is 0.332 e. The van der Waals surface area contributed by atoms with E-state index < -0.39 is 0 Å². The molecule has 1 aliphatic rings. The quantitative estimate of drug-likeness (QED) is 0.459. The van der Waals surface area contributed by atoms with Crippen LogP contribution in [0.25, 0.3) is 16.6 Å². The molecular formula is C26H31N7O. The number of hydrogen-bond donors (Lipinski definition) is 1. The van der Waals surface area contributed by atoms with Gasteiger partial charge in [-0.15, -0.1) is 0 Å². The van der Waals surface area contributed by atoms with Crippen LogP contribution in [0.15, 0.2) is 66.0 Å². The Labute approximate surface area is 199 Å². The highest BCUT2D eigenvalue weighted by Gasteiger charge is 2.14. The van der Waals surface area contributed by atoms with Gasteiger partial charge in [-0.3, -0.25) is 9.13 Å². The third kappa shape index (κ3) is 4.88. The van der Waals surface area contributed by atoms with E-state index in [1.807, 2.05) is 42.7 Å². The molecule has 1 saturated heterocycles. The Balaban J connectivity index is 1.30. The number of aryl methyl sites for hydroxylation is 2. The van der Waals surface area contributed by atoms with Gasteiger partial charge in [-0.05, 0) is 62.8 Å². The summed E-state index contributed by atoms with van der Waals surface area (Å²) in [7, 11) is 2.17. The van der Waals surface area contributed by atoms with Crippen molar-refractivity contribution >= 4 is 22.4 Å². The molecule has 34 heavy (non-hydrogen) atoms. The Morgan fingerprint density at radius 3 is 2.65 bits per heavy atom.